The van der Waals surface area contributed by atoms with Gasteiger partial charge in [0, 0.05) is 12.2 Å². The number of halogens is 1. The number of nitrogens with two attached hydrogens (primary N) is 1. The maximum Gasteiger partial charge on any atom is 0.146 e. The minimum absolute atomic E-state index is 0.210. The molecule has 0 fully saturated rings. The first-order valence-electron chi connectivity index (χ1n) is 5.58. The third-order valence-electron chi connectivity index (χ3n) is 2.58. The molecule has 3 heteroatoms. The molecule has 0 aliphatic carbocycles. The Bertz CT molecular complexity index is 483. The molecular formula is C14H15FN2. The fourth-order valence-electron chi connectivity index (χ4n) is 1.66. The lowest BCUT2D eigenvalue weighted by atomic mass is 10.1. The van der Waals surface area contributed by atoms with Crippen molar-refractivity contribution in [3.8, 4) is 0 Å². The average molecular weight is 230 g/mol. The summed E-state index contributed by atoms with van der Waals surface area (Å²) < 4.78 is 12.9. The van der Waals surface area contributed by atoms with Gasteiger partial charge in [-0.25, -0.2) is 4.39 Å². The van der Waals surface area contributed by atoms with Crippen molar-refractivity contribution in [1.29, 1.82) is 0 Å². The van der Waals surface area contributed by atoms with Gasteiger partial charge in [-0.15, -0.1) is 0 Å². The smallest absolute Gasteiger partial charge is 0.146 e. The summed E-state index contributed by atoms with van der Waals surface area (Å²) in [4.78, 5) is 0. The molecule has 0 aliphatic rings. The Morgan fingerprint density at radius 3 is 2.53 bits per heavy atom. The Labute approximate surface area is 100 Å². The predicted molar refractivity (Wildman–Crippen MR) is 69.4 cm³/mol. The molecule has 17 heavy (non-hydrogen) atoms. The summed E-state index contributed by atoms with van der Waals surface area (Å²) in [7, 11) is 0. The molecule has 3 N–H and O–H groups in total. The zero-order chi connectivity index (χ0) is 12.1. The number of para-hydroxylation sites is 1. The molecule has 2 aromatic carbocycles. The Kier molecular flexibility index (Phi) is 3.60. The van der Waals surface area contributed by atoms with Gasteiger partial charge in [-0.3, -0.25) is 0 Å². The molecule has 0 heterocycles. The van der Waals surface area contributed by atoms with Crippen LogP contribution in [-0.4, -0.2) is 6.54 Å². The number of nitrogen functional groups attached to an aromatic ring is 1. The second kappa shape index (κ2) is 5.34. The van der Waals surface area contributed by atoms with Crippen LogP contribution in [0, 0.1) is 5.82 Å². The monoisotopic (exact) mass is 230 g/mol. The van der Waals surface area contributed by atoms with E-state index in [0.29, 0.717) is 0 Å². The maximum absolute atomic E-state index is 12.9. The van der Waals surface area contributed by atoms with Gasteiger partial charge < -0.3 is 11.1 Å². The molecule has 2 nitrogen and oxygen atoms in total. The van der Waals surface area contributed by atoms with Crippen molar-refractivity contribution in [2.45, 2.75) is 6.42 Å². The Morgan fingerprint density at radius 2 is 1.82 bits per heavy atom. The van der Waals surface area contributed by atoms with Crippen molar-refractivity contribution in [2.24, 2.45) is 0 Å². The Balaban J connectivity index is 1.88. The van der Waals surface area contributed by atoms with E-state index in [1.54, 1.807) is 12.1 Å². The summed E-state index contributed by atoms with van der Waals surface area (Å²) >= 11 is 0. The number of nitrogens with one attached hydrogen (secondary N) is 1. The van der Waals surface area contributed by atoms with E-state index in [0.717, 1.165) is 24.2 Å². The number of benzene rings is 2. The first kappa shape index (κ1) is 11.5. The molecule has 0 spiro atoms. The van der Waals surface area contributed by atoms with Crippen LogP contribution in [0.4, 0.5) is 15.8 Å². The highest BCUT2D eigenvalue weighted by atomic mass is 19.1. The molecule has 0 amide bonds. The largest absolute Gasteiger partial charge is 0.396 e. The number of anilines is 2. The molecule has 0 saturated carbocycles. The minimum Gasteiger partial charge on any atom is -0.396 e. The first-order valence-corrected chi connectivity index (χ1v) is 5.58. The maximum atomic E-state index is 12.9. The molecule has 0 aliphatic heterocycles. The van der Waals surface area contributed by atoms with Crippen LogP contribution in [0.1, 0.15) is 5.56 Å². The van der Waals surface area contributed by atoms with E-state index in [1.807, 2.05) is 30.3 Å². The average Bonchev–Trinajstić information content (AvgIpc) is 2.35. The first-order chi connectivity index (χ1) is 8.25. The number of rotatable bonds is 4. The standard InChI is InChI=1S/C14H15FN2/c15-13-7-6-11(10-14(13)16)8-9-17-12-4-2-1-3-5-12/h1-7,10,17H,8-9,16H2. The summed E-state index contributed by atoms with van der Waals surface area (Å²) in [6, 6.07) is 14.8. The lowest BCUT2D eigenvalue weighted by Crippen LogP contribution is -2.05. The van der Waals surface area contributed by atoms with Crippen LogP contribution in [0.15, 0.2) is 48.5 Å². The van der Waals surface area contributed by atoms with E-state index in [2.05, 4.69) is 5.32 Å². The highest BCUT2D eigenvalue weighted by Gasteiger charge is 1.99. The van der Waals surface area contributed by atoms with Gasteiger partial charge in [0.05, 0.1) is 5.69 Å². The van der Waals surface area contributed by atoms with Crippen molar-refractivity contribution >= 4 is 11.4 Å². The molecule has 2 aromatic rings. The quantitative estimate of drug-likeness (QED) is 0.792. The predicted octanol–water partition coefficient (Wildman–Crippen LogP) is 3.06. The van der Waals surface area contributed by atoms with E-state index in [-0.39, 0.29) is 11.5 Å². The number of hydrogen-bond donors (Lipinski definition) is 2. The Morgan fingerprint density at radius 1 is 1.06 bits per heavy atom. The third kappa shape index (κ3) is 3.21. The second-order valence-electron chi connectivity index (χ2n) is 3.90. The molecule has 0 radical (unpaired) electrons. The molecule has 2 rings (SSSR count). The lowest BCUT2D eigenvalue weighted by Gasteiger charge is -2.07. The zero-order valence-corrected chi connectivity index (χ0v) is 9.49. The SMILES string of the molecule is Nc1cc(CCNc2ccccc2)ccc1F. The normalized spacial score (nSPS) is 10.2. The van der Waals surface area contributed by atoms with E-state index in [1.165, 1.54) is 6.07 Å². The van der Waals surface area contributed by atoms with Gasteiger partial charge in [-0.1, -0.05) is 24.3 Å². The van der Waals surface area contributed by atoms with Crippen LogP contribution < -0.4 is 11.1 Å². The molecule has 88 valence electrons. The van der Waals surface area contributed by atoms with Crippen molar-refractivity contribution in [2.75, 3.05) is 17.6 Å². The zero-order valence-electron chi connectivity index (χ0n) is 9.49. The van der Waals surface area contributed by atoms with Crippen LogP contribution >= 0.6 is 0 Å². The van der Waals surface area contributed by atoms with Crippen LogP contribution in [0.2, 0.25) is 0 Å². The second-order valence-corrected chi connectivity index (χ2v) is 3.90. The van der Waals surface area contributed by atoms with Gasteiger partial charge in [0.1, 0.15) is 5.82 Å². The van der Waals surface area contributed by atoms with Crippen molar-refractivity contribution < 1.29 is 4.39 Å². The summed E-state index contributed by atoms with van der Waals surface area (Å²) in [6.07, 6.45) is 0.819. The molecule has 0 aromatic heterocycles. The molecule has 0 unspecified atom stereocenters. The minimum atomic E-state index is -0.357. The number of hydrogen-bond acceptors (Lipinski definition) is 2. The fraction of sp³-hybridized carbons (Fsp3) is 0.143. The van der Waals surface area contributed by atoms with Gasteiger partial charge in [0.15, 0.2) is 0 Å². The third-order valence-corrected chi connectivity index (χ3v) is 2.58. The van der Waals surface area contributed by atoms with Crippen molar-refractivity contribution in [3.05, 3.63) is 59.9 Å². The van der Waals surface area contributed by atoms with E-state index < -0.39 is 0 Å². The van der Waals surface area contributed by atoms with Crippen LogP contribution in [0.3, 0.4) is 0 Å². The fourth-order valence-corrected chi connectivity index (χ4v) is 1.66. The molecule has 0 saturated heterocycles. The summed E-state index contributed by atoms with van der Waals surface area (Å²) in [5.41, 5.74) is 7.84. The van der Waals surface area contributed by atoms with Gasteiger partial charge in [-0.05, 0) is 36.2 Å². The lowest BCUT2D eigenvalue weighted by molar-refractivity contribution is 0.632. The summed E-state index contributed by atoms with van der Waals surface area (Å²) in [6.45, 7) is 0.801. The van der Waals surface area contributed by atoms with Gasteiger partial charge >= 0.3 is 0 Å². The molecular weight excluding hydrogens is 215 g/mol. The van der Waals surface area contributed by atoms with Crippen molar-refractivity contribution in [3.63, 3.8) is 0 Å². The topological polar surface area (TPSA) is 38.0 Å². The Hall–Kier alpha value is -2.03. The van der Waals surface area contributed by atoms with E-state index in [9.17, 15) is 4.39 Å². The molecule has 0 bridgehead atoms. The molecule has 0 atom stereocenters. The van der Waals surface area contributed by atoms with Crippen LogP contribution in [0.5, 0.6) is 0 Å². The van der Waals surface area contributed by atoms with Gasteiger partial charge in [0.25, 0.3) is 0 Å². The van der Waals surface area contributed by atoms with E-state index in [4.69, 9.17) is 5.73 Å². The van der Waals surface area contributed by atoms with Gasteiger partial charge in [0.2, 0.25) is 0 Å². The van der Waals surface area contributed by atoms with Crippen LogP contribution in [0.25, 0.3) is 0 Å². The van der Waals surface area contributed by atoms with E-state index >= 15 is 0 Å². The highest BCUT2D eigenvalue weighted by molar-refractivity contribution is 5.44. The summed E-state index contributed by atoms with van der Waals surface area (Å²) in [5.74, 6) is -0.357. The van der Waals surface area contributed by atoms with Crippen LogP contribution in [-0.2, 0) is 6.42 Å². The highest BCUT2D eigenvalue weighted by Crippen LogP contribution is 2.13. The summed E-state index contributed by atoms with van der Waals surface area (Å²) in [5, 5.41) is 3.29. The van der Waals surface area contributed by atoms with Gasteiger partial charge in [-0.2, -0.15) is 0 Å². The van der Waals surface area contributed by atoms with Crippen molar-refractivity contribution in [1.82, 2.24) is 0 Å².